The van der Waals surface area contributed by atoms with Crippen molar-refractivity contribution < 1.29 is 19.4 Å². The van der Waals surface area contributed by atoms with Gasteiger partial charge in [-0.2, -0.15) is 0 Å². The molecule has 0 heterocycles. The molecule has 5 heteroatoms. The van der Waals surface area contributed by atoms with Gasteiger partial charge in [0, 0.05) is 0 Å². The molecule has 1 amide bonds. The third-order valence-electron chi connectivity index (χ3n) is 1.38. The Balaban J connectivity index is 4.14. The number of methoxy groups -OCH3 is 1. The number of aliphatic hydroxyl groups excluding tert-OH is 1. The summed E-state index contributed by atoms with van der Waals surface area (Å²) in [6.45, 7) is 2.70. The van der Waals surface area contributed by atoms with E-state index >= 15 is 0 Å². The van der Waals surface area contributed by atoms with Gasteiger partial charge in [-0.25, -0.2) is 4.79 Å². The molecule has 2 atom stereocenters. The summed E-state index contributed by atoms with van der Waals surface area (Å²) in [5.41, 5.74) is 0. The predicted molar refractivity (Wildman–Crippen MR) is 41.7 cm³/mol. The highest BCUT2D eigenvalue weighted by Gasteiger charge is 2.21. The molecule has 0 unspecified atom stereocenters. The van der Waals surface area contributed by atoms with Crippen molar-refractivity contribution in [3.05, 3.63) is 0 Å². The largest absolute Gasteiger partial charge is 0.453 e. The maximum Gasteiger partial charge on any atom is 0.407 e. The molecule has 0 aliphatic heterocycles. The fraction of sp³-hybridized carbons (Fsp3) is 0.714. The van der Waals surface area contributed by atoms with Crippen molar-refractivity contribution in [3.8, 4) is 0 Å². The number of ether oxygens (including phenoxy) is 1. The Morgan fingerprint density at radius 3 is 2.25 bits per heavy atom. The maximum atomic E-state index is 10.8. The number of nitrogens with one attached hydrogen (secondary N) is 1. The Hall–Kier alpha value is -1.10. The van der Waals surface area contributed by atoms with E-state index in [4.69, 9.17) is 5.11 Å². The average Bonchev–Trinajstić information content (AvgIpc) is 1.98. The minimum atomic E-state index is -0.915. The van der Waals surface area contributed by atoms with Crippen LogP contribution in [0.3, 0.4) is 0 Å². The van der Waals surface area contributed by atoms with Crippen LogP contribution in [0.15, 0.2) is 0 Å². The highest BCUT2D eigenvalue weighted by atomic mass is 16.5. The molecule has 0 fully saturated rings. The molecule has 0 spiro atoms. The van der Waals surface area contributed by atoms with Crippen LogP contribution >= 0.6 is 0 Å². The maximum absolute atomic E-state index is 10.8. The highest BCUT2D eigenvalue weighted by molar-refractivity contribution is 5.85. The molecular formula is C7H13NO4. The van der Waals surface area contributed by atoms with Crippen molar-refractivity contribution >= 4 is 11.9 Å². The van der Waals surface area contributed by atoms with Gasteiger partial charge in [-0.3, -0.25) is 4.79 Å². The molecular weight excluding hydrogens is 162 g/mol. The number of alkyl carbamates (subject to hydrolysis) is 1. The predicted octanol–water partition coefficient (Wildman–Crippen LogP) is -0.319. The van der Waals surface area contributed by atoms with Crippen LogP contribution in [-0.2, 0) is 9.53 Å². The van der Waals surface area contributed by atoms with Gasteiger partial charge >= 0.3 is 6.09 Å². The van der Waals surface area contributed by atoms with Crippen molar-refractivity contribution in [2.45, 2.75) is 26.0 Å². The monoisotopic (exact) mass is 175 g/mol. The first kappa shape index (κ1) is 10.9. The van der Waals surface area contributed by atoms with Crippen LogP contribution in [0.2, 0.25) is 0 Å². The number of carbonyl (C=O) groups excluding carboxylic acids is 2. The Bertz CT molecular complexity index is 178. The topological polar surface area (TPSA) is 75.6 Å². The summed E-state index contributed by atoms with van der Waals surface area (Å²) in [5, 5.41) is 11.2. The third kappa shape index (κ3) is 3.34. The fourth-order valence-electron chi connectivity index (χ4n) is 0.748. The lowest BCUT2D eigenvalue weighted by molar-refractivity contribution is -0.121. The summed E-state index contributed by atoms with van der Waals surface area (Å²) in [6, 6.07) is -0.891. The lowest BCUT2D eigenvalue weighted by Gasteiger charge is -2.17. The molecule has 0 aliphatic carbocycles. The lowest BCUT2D eigenvalue weighted by Crippen LogP contribution is -2.46. The molecule has 70 valence electrons. The number of amides is 1. The molecule has 2 N–H and O–H groups in total. The fourth-order valence-corrected chi connectivity index (χ4v) is 0.748. The van der Waals surface area contributed by atoms with Crippen molar-refractivity contribution in [2.75, 3.05) is 7.11 Å². The van der Waals surface area contributed by atoms with E-state index in [1.54, 1.807) is 0 Å². The number of Topliss-reactive ketones (excluding diaryl/α,β-unsaturated/α-hetero) is 1. The quantitative estimate of drug-likeness (QED) is 0.616. The van der Waals surface area contributed by atoms with Crippen molar-refractivity contribution in [3.63, 3.8) is 0 Å². The Morgan fingerprint density at radius 1 is 1.50 bits per heavy atom. The normalized spacial score (nSPS) is 14.7. The zero-order chi connectivity index (χ0) is 9.72. The van der Waals surface area contributed by atoms with E-state index in [0.29, 0.717) is 0 Å². The number of hydrogen-bond donors (Lipinski definition) is 2. The molecule has 0 rings (SSSR count). The van der Waals surface area contributed by atoms with Gasteiger partial charge in [-0.1, -0.05) is 0 Å². The molecule has 0 aliphatic rings. The van der Waals surface area contributed by atoms with E-state index in [-0.39, 0.29) is 5.78 Å². The molecule has 0 saturated heterocycles. The third-order valence-corrected chi connectivity index (χ3v) is 1.38. The number of rotatable bonds is 3. The van der Waals surface area contributed by atoms with Crippen molar-refractivity contribution in [1.29, 1.82) is 0 Å². The van der Waals surface area contributed by atoms with E-state index in [2.05, 4.69) is 10.1 Å². The summed E-state index contributed by atoms with van der Waals surface area (Å²) in [4.78, 5) is 21.4. The van der Waals surface area contributed by atoms with Crippen LogP contribution in [0.4, 0.5) is 4.79 Å². The van der Waals surface area contributed by atoms with Gasteiger partial charge in [0.05, 0.1) is 13.2 Å². The standard InChI is InChI=1S/C7H13NO4/c1-4(9)6(5(2)10)8-7(11)12-3/h4,6,9H,1-3H3,(H,8,11)/t4-,6-/m0/s1. The Kier molecular flexibility index (Phi) is 4.28. The average molecular weight is 175 g/mol. The molecule has 0 aromatic heterocycles. The van der Waals surface area contributed by atoms with Gasteiger partial charge in [-0.05, 0) is 13.8 Å². The Labute approximate surface area is 70.7 Å². The number of carbonyl (C=O) groups is 2. The van der Waals surface area contributed by atoms with Gasteiger partial charge in [0.15, 0.2) is 5.78 Å². The summed E-state index contributed by atoms with van der Waals surface area (Å²) in [7, 11) is 1.19. The van der Waals surface area contributed by atoms with Gasteiger partial charge in [-0.15, -0.1) is 0 Å². The van der Waals surface area contributed by atoms with E-state index in [1.807, 2.05) is 0 Å². The number of aliphatic hydroxyl groups is 1. The zero-order valence-electron chi connectivity index (χ0n) is 7.33. The summed E-state index contributed by atoms with van der Waals surface area (Å²) >= 11 is 0. The molecule has 0 aromatic carbocycles. The summed E-state index contributed by atoms with van der Waals surface area (Å²) in [5.74, 6) is -0.310. The van der Waals surface area contributed by atoms with Crippen LogP contribution in [0.1, 0.15) is 13.8 Å². The van der Waals surface area contributed by atoms with Crippen molar-refractivity contribution in [2.24, 2.45) is 0 Å². The first-order valence-electron chi connectivity index (χ1n) is 3.52. The van der Waals surface area contributed by atoms with Gasteiger partial charge in [0.1, 0.15) is 6.04 Å². The summed E-state index contributed by atoms with van der Waals surface area (Å²) in [6.07, 6.45) is -1.64. The molecule has 12 heavy (non-hydrogen) atoms. The van der Waals surface area contributed by atoms with Crippen LogP contribution < -0.4 is 5.32 Å². The van der Waals surface area contributed by atoms with Crippen LogP contribution in [0, 0.1) is 0 Å². The van der Waals surface area contributed by atoms with Crippen molar-refractivity contribution in [1.82, 2.24) is 5.32 Å². The van der Waals surface area contributed by atoms with E-state index in [9.17, 15) is 9.59 Å². The number of hydrogen-bond acceptors (Lipinski definition) is 4. The first-order valence-corrected chi connectivity index (χ1v) is 3.52. The minimum Gasteiger partial charge on any atom is -0.453 e. The van der Waals surface area contributed by atoms with Gasteiger partial charge in [0.2, 0.25) is 0 Å². The van der Waals surface area contributed by atoms with Crippen LogP contribution in [-0.4, -0.2) is 36.2 Å². The van der Waals surface area contributed by atoms with Gasteiger partial charge < -0.3 is 15.2 Å². The van der Waals surface area contributed by atoms with E-state index < -0.39 is 18.2 Å². The first-order chi connectivity index (χ1) is 5.49. The molecule has 0 bridgehead atoms. The Morgan fingerprint density at radius 2 is 2.00 bits per heavy atom. The van der Waals surface area contributed by atoms with E-state index in [1.165, 1.54) is 21.0 Å². The number of ketones is 1. The zero-order valence-corrected chi connectivity index (χ0v) is 7.33. The van der Waals surface area contributed by atoms with Crippen LogP contribution in [0.5, 0.6) is 0 Å². The van der Waals surface area contributed by atoms with E-state index in [0.717, 1.165) is 0 Å². The SMILES string of the molecule is COC(=O)N[C@H](C(C)=O)[C@H](C)O. The molecule has 0 aromatic rings. The smallest absolute Gasteiger partial charge is 0.407 e. The minimum absolute atomic E-state index is 0.310. The molecule has 0 saturated carbocycles. The molecule has 0 radical (unpaired) electrons. The highest BCUT2D eigenvalue weighted by Crippen LogP contribution is 1.94. The summed E-state index contributed by atoms with van der Waals surface area (Å²) < 4.78 is 4.27. The second-order valence-electron chi connectivity index (χ2n) is 2.46. The second-order valence-corrected chi connectivity index (χ2v) is 2.46. The van der Waals surface area contributed by atoms with Gasteiger partial charge in [0.25, 0.3) is 0 Å². The lowest BCUT2D eigenvalue weighted by atomic mass is 10.1. The molecule has 5 nitrogen and oxygen atoms in total. The second kappa shape index (κ2) is 4.71. The van der Waals surface area contributed by atoms with Crippen LogP contribution in [0.25, 0.3) is 0 Å².